The summed E-state index contributed by atoms with van der Waals surface area (Å²) in [7, 11) is -1.86. The van der Waals surface area contributed by atoms with Gasteiger partial charge in [-0.05, 0) is 30.0 Å². The van der Waals surface area contributed by atoms with Crippen LogP contribution in [0.1, 0.15) is 32.8 Å². The molecule has 1 unspecified atom stereocenters. The minimum absolute atomic E-state index is 0.000581. The normalized spacial score (nSPS) is 18.5. The molecular weight excluding hydrogens is 634 g/mol. The van der Waals surface area contributed by atoms with E-state index in [0.717, 1.165) is 17.6 Å². The second-order valence-electron chi connectivity index (χ2n) is 11.1. The van der Waals surface area contributed by atoms with Gasteiger partial charge >= 0.3 is 11.9 Å². The number of β-lactam (4-membered cyclic amide) rings is 1. The molecule has 1 fully saturated rings. The molecule has 15 nitrogen and oxygen atoms in total. The van der Waals surface area contributed by atoms with E-state index in [0.29, 0.717) is 5.57 Å². The van der Waals surface area contributed by atoms with Crippen LogP contribution in [0.15, 0.2) is 45.6 Å². The third kappa shape index (κ3) is 9.12. The van der Waals surface area contributed by atoms with Crippen molar-refractivity contribution in [2.24, 2.45) is 10.6 Å². The minimum atomic E-state index is -4.33. The maximum absolute atomic E-state index is 13.2. The molecule has 0 saturated carbocycles. The summed E-state index contributed by atoms with van der Waals surface area (Å²) in [5.41, 5.74) is -0.0397. The number of hydrogen-bond acceptors (Lipinski definition) is 14. The van der Waals surface area contributed by atoms with Crippen molar-refractivity contribution >= 4 is 57.1 Å². The molecule has 246 valence electrons. The Morgan fingerprint density at radius 1 is 1.09 bits per heavy atom. The summed E-state index contributed by atoms with van der Waals surface area (Å²) in [4.78, 5) is 69.5. The lowest BCUT2D eigenvalue weighted by molar-refractivity contribution is -0.169. The molecule has 2 heterocycles. The molecule has 1 saturated heterocycles. The van der Waals surface area contributed by atoms with E-state index in [4.69, 9.17) is 18.4 Å². The van der Waals surface area contributed by atoms with Crippen LogP contribution < -0.4 is 5.32 Å². The van der Waals surface area contributed by atoms with E-state index in [9.17, 15) is 32.4 Å². The summed E-state index contributed by atoms with van der Waals surface area (Å²) >= 11 is 1.22. The average molecular weight is 670 g/mol. The Labute approximate surface area is 264 Å². The molecule has 0 radical (unpaired) electrons. The number of thioether (sulfide) groups is 1. The number of fused-ring (bicyclic) bond motifs is 1. The predicted octanol–water partition coefficient (Wildman–Crippen LogP) is 1.05. The van der Waals surface area contributed by atoms with Crippen LogP contribution >= 0.6 is 11.8 Å². The highest BCUT2D eigenvalue weighted by Gasteiger charge is 2.55. The van der Waals surface area contributed by atoms with E-state index in [-0.39, 0.29) is 34.8 Å². The third-order valence-electron chi connectivity index (χ3n) is 6.25. The second kappa shape index (κ2) is 15.0. The van der Waals surface area contributed by atoms with Gasteiger partial charge in [0.1, 0.15) is 30.8 Å². The van der Waals surface area contributed by atoms with Crippen molar-refractivity contribution in [2.45, 2.75) is 50.4 Å². The number of nitrogens with one attached hydrogen (secondary N) is 1. The standard InChI is InChI=1S/C28H35N3O12S2/c1-16-7-9-18(10-8-16)45(37,38)43-13-19(32)21(30-40-6)24(34)29-22-25(35)31-23(17(12-39-5)14-44-26(22)31)27(36)42-15-41-20(33)11-28(2,3)4/h7-10,22,26H,11-15H2,1-6H3,(H,29,34)/t22?,26-/m1/s1. The van der Waals surface area contributed by atoms with E-state index in [1.54, 1.807) is 19.1 Å². The zero-order valence-corrected chi connectivity index (χ0v) is 27.2. The zero-order valence-electron chi connectivity index (χ0n) is 25.6. The summed E-state index contributed by atoms with van der Waals surface area (Å²) < 4.78 is 45.0. The molecule has 0 aliphatic carbocycles. The highest BCUT2D eigenvalue weighted by Crippen LogP contribution is 2.40. The van der Waals surface area contributed by atoms with Gasteiger partial charge in [-0.25, -0.2) is 4.79 Å². The Hall–Kier alpha value is -3.80. The molecule has 0 spiro atoms. The van der Waals surface area contributed by atoms with Crippen LogP contribution in [0, 0.1) is 12.3 Å². The Kier molecular flexibility index (Phi) is 11.9. The number of esters is 2. The van der Waals surface area contributed by atoms with Crippen LogP contribution in [0.2, 0.25) is 0 Å². The molecular formula is C28H35N3O12S2. The number of rotatable bonds is 14. The number of oxime groups is 1. The quantitative estimate of drug-likeness (QED) is 0.0563. The fraction of sp³-hybridized carbons (Fsp3) is 0.500. The molecule has 1 aromatic carbocycles. The molecule has 1 aromatic rings. The fourth-order valence-corrected chi connectivity index (χ4v) is 6.35. The number of carbonyl (C=O) groups is 5. The van der Waals surface area contributed by atoms with Gasteiger partial charge in [0, 0.05) is 12.9 Å². The number of nitrogens with zero attached hydrogens (tertiary/aromatic N) is 2. The van der Waals surface area contributed by atoms with E-state index in [1.165, 1.54) is 31.0 Å². The van der Waals surface area contributed by atoms with Crippen molar-refractivity contribution in [1.82, 2.24) is 10.2 Å². The second-order valence-corrected chi connectivity index (χ2v) is 13.8. The largest absolute Gasteiger partial charge is 0.428 e. The third-order valence-corrected chi connectivity index (χ3v) is 8.86. The number of ether oxygens (including phenoxy) is 3. The van der Waals surface area contributed by atoms with Crippen LogP contribution in [-0.2, 0) is 57.3 Å². The Bertz CT molecular complexity index is 1500. The number of methoxy groups -OCH3 is 1. The van der Waals surface area contributed by atoms with Crippen LogP contribution in [0.5, 0.6) is 0 Å². The Morgan fingerprint density at radius 3 is 2.36 bits per heavy atom. The molecule has 2 amide bonds. The molecule has 2 atom stereocenters. The van der Waals surface area contributed by atoms with Crippen LogP contribution in [0.4, 0.5) is 0 Å². The molecule has 2 aliphatic heterocycles. The van der Waals surface area contributed by atoms with Gasteiger partial charge in [-0.1, -0.05) is 43.6 Å². The number of aryl methyl sites for hydroxylation is 1. The summed E-state index contributed by atoms with van der Waals surface area (Å²) in [5, 5.41) is 5.02. The van der Waals surface area contributed by atoms with E-state index in [2.05, 4.69) is 15.3 Å². The smallest absolute Gasteiger partial charge is 0.358 e. The van der Waals surface area contributed by atoms with Gasteiger partial charge in [0.2, 0.25) is 18.3 Å². The molecule has 17 heteroatoms. The van der Waals surface area contributed by atoms with E-state index < -0.39 is 70.2 Å². The maximum atomic E-state index is 13.2. The first kappa shape index (κ1) is 35.7. The molecule has 1 N–H and O–H groups in total. The van der Waals surface area contributed by atoms with Crippen molar-refractivity contribution in [3.05, 3.63) is 41.1 Å². The number of benzene rings is 1. The summed E-state index contributed by atoms with van der Waals surface area (Å²) in [6.45, 7) is 5.57. The maximum Gasteiger partial charge on any atom is 0.358 e. The molecule has 0 bridgehead atoms. The molecule has 0 aromatic heterocycles. The summed E-state index contributed by atoms with van der Waals surface area (Å²) in [5.74, 6) is -4.23. The van der Waals surface area contributed by atoms with Crippen LogP contribution in [0.25, 0.3) is 0 Å². The van der Waals surface area contributed by atoms with Crippen molar-refractivity contribution in [3.8, 4) is 0 Å². The number of amides is 2. The fourth-order valence-electron chi connectivity index (χ4n) is 4.15. The molecule has 2 aliphatic rings. The number of hydrogen-bond donors (Lipinski definition) is 1. The minimum Gasteiger partial charge on any atom is -0.428 e. The van der Waals surface area contributed by atoms with Crippen LogP contribution in [0.3, 0.4) is 0 Å². The lowest BCUT2D eigenvalue weighted by Crippen LogP contribution is -2.71. The summed E-state index contributed by atoms with van der Waals surface area (Å²) in [6.07, 6.45) is 0.0957. The van der Waals surface area contributed by atoms with Gasteiger partial charge in [-0.2, -0.15) is 8.42 Å². The van der Waals surface area contributed by atoms with Crippen LogP contribution in [-0.4, -0.2) is 100.0 Å². The Morgan fingerprint density at radius 2 is 1.76 bits per heavy atom. The SMILES string of the molecule is COCC1=C(C(=O)OCOC(=O)CC(C)(C)C)N2C(=O)C(NC(=O)C(=NOC)C(=O)COS(=O)(=O)c3ccc(C)cc3)[C@H]2SC1. The lowest BCUT2D eigenvalue weighted by Gasteiger charge is -2.49. The van der Waals surface area contributed by atoms with Crippen molar-refractivity contribution in [3.63, 3.8) is 0 Å². The first-order valence-corrected chi connectivity index (χ1v) is 15.9. The zero-order chi connectivity index (χ0) is 33.5. The molecule has 45 heavy (non-hydrogen) atoms. The van der Waals surface area contributed by atoms with Gasteiger partial charge in [0.25, 0.3) is 21.9 Å². The van der Waals surface area contributed by atoms with E-state index >= 15 is 0 Å². The van der Waals surface area contributed by atoms with Crippen molar-refractivity contribution < 1.29 is 55.6 Å². The van der Waals surface area contributed by atoms with Gasteiger partial charge in [-0.15, -0.1) is 11.8 Å². The number of ketones is 1. The predicted molar refractivity (Wildman–Crippen MR) is 159 cm³/mol. The van der Waals surface area contributed by atoms with Crippen molar-refractivity contribution in [2.75, 3.05) is 40.0 Å². The first-order chi connectivity index (χ1) is 21.1. The number of carbonyl (C=O) groups excluding carboxylic acids is 5. The van der Waals surface area contributed by atoms with Gasteiger partial charge in [0.05, 0.1) is 17.9 Å². The highest BCUT2D eigenvalue weighted by atomic mass is 32.2. The van der Waals surface area contributed by atoms with E-state index in [1.807, 2.05) is 20.8 Å². The Balaban J connectivity index is 1.67. The highest BCUT2D eigenvalue weighted by molar-refractivity contribution is 8.00. The first-order valence-electron chi connectivity index (χ1n) is 13.5. The van der Waals surface area contributed by atoms with Crippen molar-refractivity contribution in [1.29, 1.82) is 0 Å². The van der Waals surface area contributed by atoms with Gasteiger partial charge in [-0.3, -0.25) is 28.3 Å². The average Bonchev–Trinajstić information content (AvgIpc) is 2.96. The lowest BCUT2D eigenvalue weighted by atomic mass is 9.93. The summed E-state index contributed by atoms with van der Waals surface area (Å²) in [6, 6.07) is 4.52. The molecule has 3 rings (SSSR count). The monoisotopic (exact) mass is 669 g/mol. The topological polar surface area (TPSA) is 193 Å². The van der Waals surface area contributed by atoms with Gasteiger partial charge in [0.15, 0.2) is 0 Å². The van der Waals surface area contributed by atoms with Gasteiger partial charge < -0.3 is 24.4 Å². The number of Topliss-reactive ketones (excluding diaryl/α,β-unsaturated/α-hetero) is 1.